The molecule has 1 aromatic rings. The molecule has 0 saturated carbocycles. The van der Waals surface area contributed by atoms with E-state index >= 15 is 0 Å². The Morgan fingerprint density at radius 1 is 1.61 bits per heavy atom. The first-order chi connectivity index (χ1) is 8.46. The van der Waals surface area contributed by atoms with Crippen LogP contribution in [0, 0.1) is 12.8 Å². The minimum atomic E-state index is -3.49. The number of sulfonamides is 1. The number of H-pyrrole nitrogens is 1. The van der Waals surface area contributed by atoms with Gasteiger partial charge in [-0.1, -0.05) is 6.92 Å². The van der Waals surface area contributed by atoms with Gasteiger partial charge in [-0.2, -0.15) is 9.40 Å². The molecule has 2 atom stereocenters. The highest BCUT2D eigenvalue weighted by Gasteiger charge is 2.35. The molecule has 1 saturated heterocycles. The van der Waals surface area contributed by atoms with Crippen molar-refractivity contribution in [2.24, 2.45) is 5.92 Å². The molecule has 1 aliphatic rings. The quantitative estimate of drug-likeness (QED) is 0.839. The third-order valence-corrected chi connectivity index (χ3v) is 5.56. The third kappa shape index (κ3) is 2.30. The molecule has 0 radical (unpaired) electrons. The molecular formula is C11H19N3O3S. The van der Waals surface area contributed by atoms with E-state index in [9.17, 15) is 13.5 Å². The second kappa shape index (κ2) is 4.99. The first-order valence-electron chi connectivity index (χ1n) is 6.15. The largest absolute Gasteiger partial charge is 0.393 e. The van der Waals surface area contributed by atoms with Crippen LogP contribution in [0.3, 0.4) is 0 Å². The van der Waals surface area contributed by atoms with Gasteiger partial charge in [-0.05, 0) is 25.7 Å². The maximum atomic E-state index is 12.4. The molecule has 2 rings (SSSR count). The van der Waals surface area contributed by atoms with Gasteiger partial charge in [-0.25, -0.2) is 8.42 Å². The van der Waals surface area contributed by atoms with E-state index in [1.165, 1.54) is 10.5 Å². The van der Waals surface area contributed by atoms with Gasteiger partial charge in [0.05, 0.1) is 18.0 Å². The number of aromatic amines is 1. The van der Waals surface area contributed by atoms with Crippen molar-refractivity contribution in [2.45, 2.75) is 37.7 Å². The summed E-state index contributed by atoms with van der Waals surface area (Å²) in [5.74, 6) is 0.0146. The van der Waals surface area contributed by atoms with E-state index in [0.29, 0.717) is 25.2 Å². The number of nitrogens with one attached hydrogen (secondary N) is 1. The van der Waals surface area contributed by atoms with Crippen LogP contribution in [-0.4, -0.2) is 47.2 Å². The van der Waals surface area contributed by atoms with E-state index in [4.69, 9.17) is 0 Å². The minimum absolute atomic E-state index is 0.0146. The lowest BCUT2D eigenvalue weighted by molar-refractivity contribution is 0.0521. The lowest BCUT2D eigenvalue weighted by Gasteiger charge is -2.34. The van der Waals surface area contributed by atoms with Gasteiger partial charge in [0.2, 0.25) is 10.0 Å². The van der Waals surface area contributed by atoms with Crippen LogP contribution in [-0.2, 0) is 10.0 Å². The average Bonchev–Trinajstić information content (AvgIpc) is 2.76. The van der Waals surface area contributed by atoms with Gasteiger partial charge in [0.15, 0.2) is 0 Å². The van der Waals surface area contributed by atoms with E-state index in [-0.39, 0.29) is 10.8 Å². The number of aryl methyl sites for hydroxylation is 1. The van der Waals surface area contributed by atoms with Crippen molar-refractivity contribution >= 4 is 10.0 Å². The molecule has 102 valence electrons. The molecule has 0 amide bonds. The van der Waals surface area contributed by atoms with Crippen molar-refractivity contribution in [2.75, 3.05) is 13.1 Å². The zero-order chi connectivity index (χ0) is 13.3. The SMILES string of the molecule is CCC1CN(S(=O)(=O)c2cn[nH]c2C)CCC1O. The van der Waals surface area contributed by atoms with Gasteiger partial charge < -0.3 is 5.11 Å². The number of piperidine rings is 1. The molecule has 18 heavy (non-hydrogen) atoms. The van der Waals surface area contributed by atoms with Gasteiger partial charge >= 0.3 is 0 Å². The molecule has 0 bridgehead atoms. The highest BCUT2D eigenvalue weighted by atomic mass is 32.2. The van der Waals surface area contributed by atoms with Gasteiger partial charge in [0, 0.05) is 13.1 Å². The van der Waals surface area contributed by atoms with Gasteiger partial charge in [0.1, 0.15) is 4.90 Å². The van der Waals surface area contributed by atoms with Crippen LogP contribution in [0.15, 0.2) is 11.1 Å². The fourth-order valence-electron chi connectivity index (χ4n) is 2.34. The van der Waals surface area contributed by atoms with E-state index in [2.05, 4.69) is 10.2 Å². The summed E-state index contributed by atoms with van der Waals surface area (Å²) >= 11 is 0. The fourth-order valence-corrected chi connectivity index (χ4v) is 3.97. The highest BCUT2D eigenvalue weighted by Crippen LogP contribution is 2.26. The second-order valence-corrected chi connectivity index (χ2v) is 6.65. The second-order valence-electron chi connectivity index (χ2n) is 4.75. The van der Waals surface area contributed by atoms with Crippen molar-refractivity contribution in [3.8, 4) is 0 Å². The van der Waals surface area contributed by atoms with E-state index < -0.39 is 16.1 Å². The lowest BCUT2D eigenvalue weighted by Crippen LogP contribution is -2.45. The number of hydrogen-bond acceptors (Lipinski definition) is 4. The maximum absolute atomic E-state index is 12.4. The molecule has 0 aromatic carbocycles. The summed E-state index contributed by atoms with van der Waals surface area (Å²) in [6, 6.07) is 0. The number of hydrogen-bond donors (Lipinski definition) is 2. The molecule has 0 spiro atoms. The Balaban J connectivity index is 2.24. The zero-order valence-electron chi connectivity index (χ0n) is 10.6. The summed E-state index contributed by atoms with van der Waals surface area (Å²) < 4.78 is 26.3. The number of aromatic nitrogens is 2. The molecule has 2 N–H and O–H groups in total. The Hall–Kier alpha value is -0.920. The monoisotopic (exact) mass is 273 g/mol. The van der Waals surface area contributed by atoms with Crippen LogP contribution in [0.2, 0.25) is 0 Å². The standard InChI is InChI=1S/C11H19N3O3S/c1-3-9-7-14(5-4-10(9)15)18(16,17)11-6-12-13-8(11)2/h6,9-10,15H,3-5,7H2,1-2H3,(H,12,13). The van der Waals surface area contributed by atoms with Gasteiger partial charge in [-0.3, -0.25) is 5.10 Å². The Bertz CT molecular complexity index is 511. The first-order valence-corrected chi connectivity index (χ1v) is 7.59. The van der Waals surface area contributed by atoms with Crippen LogP contribution in [0.1, 0.15) is 25.5 Å². The summed E-state index contributed by atoms with van der Waals surface area (Å²) in [7, 11) is -3.49. The highest BCUT2D eigenvalue weighted by molar-refractivity contribution is 7.89. The van der Waals surface area contributed by atoms with Crippen LogP contribution < -0.4 is 0 Å². The first kappa shape index (κ1) is 13.5. The van der Waals surface area contributed by atoms with Crippen molar-refractivity contribution in [3.05, 3.63) is 11.9 Å². The molecule has 0 aliphatic carbocycles. The molecule has 2 unspecified atom stereocenters. The Morgan fingerprint density at radius 3 is 2.89 bits per heavy atom. The molecular weight excluding hydrogens is 254 g/mol. The number of nitrogens with zero attached hydrogens (tertiary/aromatic N) is 2. The smallest absolute Gasteiger partial charge is 0.246 e. The van der Waals surface area contributed by atoms with Crippen molar-refractivity contribution in [1.29, 1.82) is 0 Å². The van der Waals surface area contributed by atoms with Crippen LogP contribution in [0.5, 0.6) is 0 Å². The fraction of sp³-hybridized carbons (Fsp3) is 0.727. The Labute approximate surface area is 107 Å². The molecule has 6 nitrogen and oxygen atoms in total. The Morgan fingerprint density at radius 2 is 2.33 bits per heavy atom. The number of rotatable bonds is 3. The zero-order valence-corrected chi connectivity index (χ0v) is 11.4. The van der Waals surface area contributed by atoms with Crippen LogP contribution in [0.25, 0.3) is 0 Å². The molecule has 1 fully saturated rings. The summed E-state index contributed by atoms with van der Waals surface area (Å²) in [5, 5.41) is 16.2. The number of aliphatic hydroxyl groups excluding tert-OH is 1. The van der Waals surface area contributed by atoms with Gasteiger partial charge in [-0.15, -0.1) is 0 Å². The van der Waals surface area contributed by atoms with Crippen LogP contribution in [0.4, 0.5) is 0 Å². The summed E-state index contributed by atoms with van der Waals surface area (Å²) in [5.41, 5.74) is 0.550. The van der Waals surface area contributed by atoms with Crippen molar-refractivity contribution in [3.63, 3.8) is 0 Å². The third-order valence-electron chi connectivity index (χ3n) is 3.58. The van der Waals surface area contributed by atoms with E-state index in [1.807, 2.05) is 6.92 Å². The number of aliphatic hydroxyl groups is 1. The topological polar surface area (TPSA) is 86.3 Å². The van der Waals surface area contributed by atoms with Crippen LogP contribution >= 0.6 is 0 Å². The summed E-state index contributed by atoms with van der Waals surface area (Å²) in [6.45, 7) is 4.40. The van der Waals surface area contributed by atoms with Gasteiger partial charge in [0.25, 0.3) is 0 Å². The predicted molar refractivity (Wildman–Crippen MR) is 66.5 cm³/mol. The minimum Gasteiger partial charge on any atom is -0.393 e. The normalized spacial score (nSPS) is 26.4. The molecule has 2 heterocycles. The van der Waals surface area contributed by atoms with Crippen molar-refractivity contribution < 1.29 is 13.5 Å². The predicted octanol–water partition coefficient (Wildman–Crippen LogP) is 0.500. The Kier molecular flexibility index (Phi) is 3.74. The molecule has 7 heteroatoms. The molecule has 1 aliphatic heterocycles. The summed E-state index contributed by atoms with van der Waals surface area (Å²) in [6.07, 6.45) is 2.22. The van der Waals surface area contributed by atoms with Crippen molar-refractivity contribution in [1.82, 2.24) is 14.5 Å². The van der Waals surface area contributed by atoms with E-state index in [1.54, 1.807) is 6.92 Å². The van der Waals surface area contributed by atoms with E-state index in [0.717, 1.165) is 6.42 Å². The summed E-state index contributed by atoms with van der Waals surface area (Å²) in [4.78, 5) is 0.230. The maximum Gasteiger partial charge on any atom is 0.246 e. The molecule has 1 aromatic heterocycles. The average molecular weight is 273 g/mol. The lowest BCUT2D eigenvalue weighted by atomic mass is 9.94.